The van der Waals surface area contributed by atoms with Crippen molar-refractivity contribution in [2.75, 3.05) is 13.1 Å². The number of nitrogens with one attached hydrogen (secondary N) is 1. The third-order valence-electron chi connectivity index (χ3n) is 3.29. The summed E-state index contributed by atoms with van der Waals surface area (Å²) >= 11 is 1.40. The van der Waals surface area contributed by atoms with Gasteiger partial charge in [-0.3, -0.25) is 0 Å². The molecule has 0 aliphatic carbocycles. The molecule has 122 valence electrons. The van der Waals surface area contributed by atoms with Gasteiger partial charge in [-0.15, -0.1) is 11.3 Å². The van der Waals surface area contributed by atoms with Crippen molar-refractivity contribution in [2.45, 2.75) is 64.3 Å². The van der Waals surface area contributed by atoms with E-state index in [4.69, 9.17) is 0 Å². The van der Waals surface area contributed by atoms with E-state index in [9.17, 15) is 8.42 Å². The molecule has 21 heavy (non-hydrogen) atoms. The van der Waals surface area contributed by atoms with E-state index in [2.05, 4.69) is 12.2 Å². The van der Waals surface area contributed by atoms with E-state index in [1.54, 1.807) is 4.31 Å². The van der Waals surface area contributed by atoms with Crippen molar-refractivity contribution < 1.29 is 8.42 Å². The predicted octanol–water partition coefficient (Wildman–Crippen LogP) is 3.37. The van der Waals surface area contributed by atoms with Gasteiger partial charge in [0, 0.05) is 24.0 Å². The molecular formula is C15H28N2O2S2. The summed E-state index contributed by atoms with van der Waals surface area (Å²) in [5.74, 6) is 0. The summed E-state index contributed by atoms with van der Waals surface area (Å²) in [4.78, 5) is 1.11. The van der Waals surface area contributed by atoms with Gasteiger partial charge in [0.15, 0.2) is 0 Å². The third kappa shape index (κ3) is 4.77. The lowest BCUT2D eigenvalue weighted by molar-refractivity contribution is 0.355. The lowest BCUT2D eigenvalue weighted by atomic mass is 10.3. The fourth-order valence-electron chi connectivity index (χ4n) is 2.16. The molecule has 0 radical (unpaired) electrons. The Hall–Kier alpha value is -0.430. The van der Waals surface area contributed by atoms with E-state index in [-0.39, 0.29) is 6.04 Å². The average molecular weight is 333 g/mol. The maximum atomic E-state index is 12.8. The molecule has 4 nitrogen and oxygen atoms in total. The molecule has 0 bridgehead atoms. The second-order valence-corrected chi connectivity index (χ2v) is 8.81. The van der Waals surface area contributed by atoms with Gasteiger partial charge in [-0.05, 0) is 51.8 Å². The van der Waals surface area contributed by atoms with Crippen LogP contribution < -0.4 is 5.32 Å². The Labute approximate surface area is 133 Å². The van der Waals surface area contributed by atoms with Crippen LogP contribution in [0.2, 0.25) is 0 Å². The normalized spacial score (nSPS) is 12.5. The zero-order chi connectivity index (χ0) is 16.0. The molecule has 0 amide bonds. The fourth-order valence-corrected chi connectivity index (χ4v) is 5.58. The number of sulfonamides is 1. The summed E-state index contributed by atoms with van der Waals surface area (Å²) < 4.78 is 27.6. The average Bonchev–Trinajstić information content (AvgIpc) is 2.78. The zero-order valence-corrected chi connectivity index (χ0v) is 15.4. The lowest BCUT2D eigenvalue weighted by Crippen LogP contribution is -2.37. The van der Waals surface area contributed by atoms with Gasteiger partial charge in [-0.1, -0.05) is 13.8 Å². The molecule has 0 saturated heterocycles. The predicted molar refractivity (Wildman–Crippen MR) is 90.4 cm³/mol. The first-order valence-corrected chi connectivity index (χ1v) is 9.92. The molecule has 1 aromatic heterocycles. The van der Waals surface area contributed by atoms with E-state index in [1.807, 2.05) is 33.8 Å². The topological polar surface area (TPSA) is 49.4 Å². The number of aryl methyl sites for hydroxylation is 1. The maximum Gasteiger partial charge on any atom is 0.252 e. The van der Waals surface area contributed by atoms with Crippen molar-refractivity contribution >= 4 is 21.4 Å². The molecule has 0 spiro atoms. The standard InChI is InChI=1S/C15H28N2O2S2/c1-6-8-16-11-14-13(5)10-15(20-14)21(18,19)17(9-7-2)12(3)4/h10,12,16H,6-9,11H2,1-5H3. The third-order valence-corrected chi connectivity index (χ3v) is 7.05. The highest BCUT2D eigenvalue weighted by Crippen LogP contribution is 2.29. The quantitative estimate of drug-likeness (QED) is 0.705. The molecule has 1 heterocycles. The molecule has 1 rings (SSSR count). The van der Waals surface area contributed by atoms with Crippen molar-refractivity contribution in [3.8, 4) is 0 Å². The smallest absolute Gasteiger partial charge is 0.252 e. The number of hydrogen-bond acceptors (Lipinski definition) is 4. The second kappa shape index (κ2) is 8.27. The van der Waals surface area contributed by atoms with Crippen LogP contribution in [0.25, 0.3) is 0 Å². The molecule has 1 aromatic rings. The van der Waals surface area contributed by atoms with Crippen LogP contribution in [0.1, 0.15) is 51.0 Å². The molecule has 0 fully saturated rings. The van der Waals surface area contributed by atoms with Crippen LogP contribution in [0, 0.1) is 6.92 Å². The summed E-state index contributed by atoms with van der Waals surface area (Å²) in [5, 5.41) is 3.34. The van der Waals surface area contributed by atoms with Crippen LogP contribution in [0.5, 0.6) is 0 Å². The van der Waals surface area contributed by atoms with Gasteiger partial charge in [-0.25, -0.2) is 8.42 Å². The van der Waals surface area contributed by atoms with Crippen molar-refractivity contribution in [1.29, 1.82) is 0 Å². The molecule has 0 aliphatic rings. The fraction of sp³-hybridized carbons (Fsp3) is 0.733. The summed E-state index contributed by atoms with van der Waals surface area (Å²) in [6.07, 6.45) is 1.90. The lowest BCUT2D eigenvalue weighted by Gasteiger charge is -2.24. The Bertz CT molecular complexity index is 536. The molecule has 1 N–H and O–H groups in total. The first-order valence-electron chi connectivity index (χ1n) is 7.66. The number of hydrogen-bond donors (Lipinski definition) is 1. The number of thiophene rings is 1. The Balaban J connectivity index is 3.00. The van der Waals surface area contributed by atoms with Crippen LogP contribution in [0.3, 0.4) is 0 Å². The number of rotatable bonds is 9. The minimum atomic E-state index is -3.37. The Kier molecular flexibility index (Phi) is 7.33. The summed E-state index contributed by atoms with van der Waals surface area (Å²) in [6.45, 7) is 12.2. The minimum absolute atomic E-state index is 0.0148. The van der Waals surface area contributed by atoms with E-state index < -0.39 is 10.0 Å². The van der Waals surface area contributed by atoms with E-state index >= 15 is 0 Å². The van der Waals surface area contributed by atoms with Gasteiger partial charge in [0.25, 0.3) is 10.0 Å². The molecular weight excluding hydrogens is 304 g/mol. The van der Waals surface area contributed by atoms with E-state index in [0.717, 1.165) is 36.4 Å². The highest BCUT2D eigenvalue weighted by molar-refractivity contribution is 7.91. The second-order valence-electron chi connectivity index (χ2n) is 5.56. The Morgan fingerprint density at radius 1 is 1.29 bits per heavy atom. The van der Waals surface area contributed by atoms with Crippen LogP contribution in [0.15, 0.2) is 10.3 Å². The van der Waals surface area contributed by atoms with E-state index in [1.165, 1.54) is 11.3 Å². The first kappa shape index (κ1) is 18.6. The van der Waals surface area contributed by atoms with Gasteiger partial charge in [-0.2, -0.15) is 4.31 Å². The van der Waals surface area contributed by atoms with Gasteiger partial charge in [0.05, 0.1) is 0 Å². The summed E-state index contributed by atoms with van der Waals surface area (Å²) in [6, 6.07) is 1.80. The van der Waals surface area contributed by atoms with Gasteiger partial charge >= 0.3 is 0 Å². The largest absolute Gasteiger partial charge is 0.312 e. The van der Waals surface area contributed by atoms with Crippen LogP contribution >= 0.6 is 11.3 Å². The van der Waals surface area contributed by atoms with Crippen molar-refractivity contribution in [3.05, 3.63) is 16.5 Å². The summed E-state index contributed by atoms with van der Waals surface area (Å²) in [7, 11) is -3.37. The van der Waals surface area contributed by atoms with E-state index in [0.29, 0.717) is 10.8 Å². The molecule has 0 saturated carbocycles. The Morgan fingerprint density at radius 3 is 2.48 bits per heavy atom. The highest BCUT2D eigenvalue weighted by Gasteiger charge is 2.28. The molecule has 6 heteroatoms. The van der Waals surface area contributed by atoms with Crippen LogP contribution in [-0.4, -0.2) is 31.9 Å². The van der Waals surface area contributed by atoms with Crippen molar-refractivity contribution in [1.82, 2.24) is 9.62 Å². The molecule has 0 aromatic carbocycles. The van der Waals surface area contributed by atoms with Gasteiger partial charge < -0.3 is 5.32 Å². The van der Waals surface area contributed by atoms with Crippen molar-refractivity contribution in [3.63, 3.8) is 0 Å². The first-order chi connectivity index (χ1) is 9.84. The SMILES string of the molecule is CCCNCc1sc(S(=O)(=O)N(CCC)C(C)C)cc1C. The summed E-state index contributed by atoms with van der Waals surface area (Å²) in [5.41, 5.74) is 1.06. The van der Waals surface area contributed by atoms with Gasteiger partial charge in [0.1, 0.15) is 4.21 Å². The molecule has 0 atom stereocenters. The highest BCUT2D eigenvalue weighted by atomic mass is 32.2. The number of nitrogens with zero attached hydrogens (tertiary/aromatic N) is 1. The Morgan fingerprint density at radius 2 is 1.95 bits per heavy atom. The van der Waals surface area contributed by atoms with Gasteiger partial charge in [0.2, 0.25) is 0 Å². The molecule has 0 aliphatic heterocycles. The van der Waals surface area contributed by atoms with Crippen LogP contribution in [-0.2, 0) is 16.6 Å². The monoisotopic (exact) mass is 332 g/mol. The van der Waals surface area contributed by atoms with Crippen molar-refractivity contribution in [2.24, 2.45) is 0 Å². The van der Waals surface area contributed by atoms with Crippen LogP contribution in [0.4, 0.5) is 0 Å². The zero-order valence-electron chi connectivity index (χ0n) is 13.8. The molecule has 0 unspecified atom stereocenters. The maximum absolute atomic E-state index is 12.8. The minimum Gasteiger partial charge on any atom is -0.312 e.